The summed E-state index contributed by atoms with van der Waals surface area (Å²) in [5, 5.41) is 0. The van der Waals surface area contributed by atoms with Crippen LogP contribution in [0.15, 0.2) is 41.5 Å². The van der Waals surface area contributed by atoms with E-state index in [9.17, 15) is 17.6 Å². The number of benzene rings is 1. The molecule has 1 aliphatic heterocycles. The molecule has 1 aromatic carbocycles. The first-order valence-electron chi connectivity index (χ1n) is 10.8. The molecule has 0 saturated heterocycles. The van der Waals surface area contributed by atoms with Crippen molar-refractivity contribution in [3.05, 3.63) is 64.7 Å². The fourth-order valence-corrected chi connectivity index (χ4v) is 6.48. The van der Waals surface area contributed by atoms with Crippen LogP contribution in [0.4, 0.5) is 4.39 Å². The molecule has 1 aromatic heterocycles. The Morgan fingerprint density at radius 2 is 1.94 bits per heavy atom. The lowest BCUT2D eigenvalue weighted by Gasteiger charge is -2.40. The maximum atomic E-state index is 14.9. The van der Waals surface area contributed by atoms with E-state index in [1.807, 2.05) is 6.92 Å². The van der Waals surface area contributed by atoms with Gasteiger partial charge in [0.05, 0.1) is 5.75 Å². The second kappa shape index (κ2) is 7.76. The van der Waals surface area contributed by atoms with Gasteiger partial charge in [-0.3, -0.25) is 14.8 Å². The van der Waals surface area contributed by atoms with Gasteiger partial charge in [0.1, 0.15) is 27.6 Å². The van der Waals surface area contributed by atoms with Crippen molar-refractivity contribution in [2.75, 3.05) is 5.75 Å². The standard InChI is InChI=1S/C24H28FN3O3S/c1-15-4-9-20(27-13-15)21(29)11-17-7-8-19(25)18(10-17)23(2)14-32(30,31)24(3,22(26)28-23)12-16-5-6-16/h4,7-10,13,16H,5-6,11-12,14H2,1-3H3,(H2,26,28)/t23-,24+/m0/s1. The lowest BCUT2D eigenvalue weighted by Crippen LogP contribution is -2.57. The Hall–Kier alpha value is -2.61. The molecule has 6 nitrogen and oxygen atoms in total. The monoisotopic (exact) mass is 457 g/mol. The van der Waals surface area contributed by atoms with Crippen molar-refractivity contribution in [2.45, 2.75) is 56.7 Å². The van der Waals surface area contributed by atoms with Gasteiger partial charge in [-0.1, -0.05) is 25.0 Å². The van der Waals surface area contributed by atoms with Crippen molar-refractivity contribution < 1.29 is 17.6 Å². The van der Waals surface area contributed by atoms with E-state index in [4.69, 9.17) is 5.73 Å². The number of pyridine rings is 1. The summed E-state index contributed by atoms with van der Waals surface area (Å²) >= 11 is 0. The zero-order valence-electron chi connectivity index (χ0n) is 18.6. The summed E-state index contributed by atoms with van der Waals surface area (Å²) in [6.45, 7) is 5.09. The van der Waals surface area contributed by atoms with Crippen LogP contribution in [-0.4, -0.2) is 35.5 Å². The van der Waals surface area contributed by atoms with Gasteiger partial charge >= 0.3 is 0 Å². The molecule has 4 rings (SSSR count). The average Bonchev–Trinajstić information content (AvgIpc) is 3.52. The smallest absolute Gasteiger partial charge is 0.185 e. The third kappa shape index (κ3) is 4.08. The van der Waals surface area contributed by atoms with Gasteiger partial charge in [0, 0.05) is 18.2 Å². The topological polar surface area (TPSA) is 102 Å². The third-order valence-electron chi connectivity index (χ3n) is 6.61. The van der Waals surface area contributed by atoms with Crippen LogP contribution < -0.4 is 5.73 Å². The summed E-state index contributed by atoms with van der Waals surface area (Å²) in [5.74, 6) is -0.742. The Morgan fingerprint density at radius 1 is 1.22 bits per heavy atom. The molecule has 170 valence electrons. The van der Waals surface area contributed by atoms with Crippen LogP contribution >= 0.6 is 0 Å². The summed E-state index contributed by atoms with van der Waals surface area (Å²) in [4.78, 5) is 21.3. The highest BCUT2D eigenvalue weighted by Crippen LogP contribution is 2.45. The summed E-state index contributed by atoms with van der Waals surface area (Å²) in [6, 6.07) is 7.76. The van der Waals surface area contributed by atoms with Crippen LogP contribution in [0.5, 0.6) is 0 Å². The fraction of sp³-hybridized carbons (Fsp3) is 0.458. The maximum Gasteiger partial charge on any atom is 0.185 e. The van der Waals surface area contributed by atoms with Crippen LogP contribution in [0.25, 0.3) is 0 Å². The number of carbonyl (C=O) groups excluding carboxylic acids is 1. The number of nitrogens with zero attached hydrogens (tertiary/aromatic N) is 2. The number of aryl methyl sites for hydroxylation is 1. The zero-order valence-corrected chi connectivity index (χ0v) is 19.4. The van der Waals surface area contributed by atoms with Crippen LogP contribution in [-0.2, 0) is 21.8 Å². The van der Waals surface area contributed by atoms with E-state index >= 15 is 0 Å². The number of aliphatic imine (C=N–C) groups is 1. The lowest BCUT2D eigenvalue weighted by atomic mass is 9.90. The number of halogens is 1. The summed E-state index contributed by atoms with van der Waals surface area (Å²) in [5.41, 5.74) is 6.81. The summed E-state index contributed by atoms with van der Waals surface area (Å²) in [6.07, 6.45) is 4.08. The van der Waals surface area contributed by atoms with Crippen LogP contribution in [0, 0.1) is 18.7 Å². The van der Waals surface area contributed by atoms with E-state index in [1.165, 1.54) is 18.2 Å². The number of Topliss-reactive ketones (excluding diaryl/α,β-unsaturated/α-hetero) is 1. The molecule has 0 spiro atoms. The molecule has 1 fully saturated rings. The quantitative estimate of drug-likeness (QED) is 0.669. The predicted octanol–water partition coefficient (Wildman–Crippen LogP) is 3.51. The number of ketones is 1. The van der Waals surface area contributed by atoms with Gasteiger partial charge in [0.25, 0.3) is 0 Å². The molecule has 1 aliphatic carbocycles. The molecule has 32 heavy (non-hydrogen) atoms. The first kappa shape index (κ1) is 22.6. The van der Waals surface area contributed by atoms with E-state index in [2.05, 4.69) is 9.98 Å². The Morgan fingerprint density at radius 3 is 2.53 bits per heavy atom. The first-order chi connectivity index (χ1) is 14.9. The van der Waals surface area contributed by atoms with Crippen LogP contribution in [0.2, 0.25) is 0 Å². The molecular formula is C24H28FN3O3S. The molecule has 0 bridgehead atoms. The van der Waals surface area contributed by atoms with Crippen molar-refractivity contribution >= 4 is 21.5 Å². The number of carbonyl (C=O) groups is 1. The van der Waals surface area contributed by atoms with Gasteiger partial charge in [-0.05, 0) is 62.4 Å². The minimum atomic E-state index is -3.68. The number of sulfone groups is 1. The van der Waals surface area contributed by atoms with Gasteiger partial charge in [0.15, 0.2) is 15.6 Å². The zero-order chi connectivity index (χ0) is 23.3. The molecule has 0 amide bonds. The van der Waals surface area contributed by atoms with Gasteiger partial charge in [-0.15, -0.1) is 0 Å². The van der Waals surface area contributed by atoms with Crippen molar-refractivity contribution in [2.24, 2.45) is 16.6 Å². The highest BCUT2D eigenvalue weighted by molar-refractivity contribution is 7.93. The van der Waals surface area contributed by atoms with Gasteiger partial charge < -0.3 is 5.73 Å². The predicted molar refractivity (Wildman–Crippen MR) is 122 cm³/mol. The maximum absolute atomic E-state index is 14.9. The second-order valence-corrected chi connectivity index (χ2v) is 12.0. The minimum absolute atomic E-state index is 0.0186. The Kier molecular flexibility index (Phi) is 5.48. The molecule has 2 N–H and O–H groups in total. The van der Waals surface area contributed by atoms with Crippen molar-refractivity contribution in [3.63, 3.8) is 0 Å². The van der Waals surface area contributed by atoms with E-state index in [1.54, 1.807) is 32.2 Å². The first-order valence-corrected chi connectivity index (χ1v) is 12.4. The number of rotatable bonds is 6. The third-order valence-corrected chi connectivity index (χ3v) is 9.31. The number of amidine groups is 1. The average molecular weight is 458 g/mol. The molecule has 8 heteroatoms. The molecule has 0 unspecified atom stereocenters. The van der Waals surface area contributed by atoms with Crippen molar-refractivity contribution in [1.82, 2.24) is 4.98 Å². The minimum Gasteiger partial charge on any atom is -0.386 e. The van der Waals surface area contributed by atoms with E-state index in [0.29, 0.717) is 23.6 Å². The van der Waals surface area contributed by atoms with Gasteiger partial charge in [-0.25, -0.2) is 12.8 Å². The molecule has 2 aliphatic rings. The summed E-state index contributed by atoms with van der Waals surface area (Å²) in [7, 11) is -3.68. The fourth-order valence-electron chi connectivity index (χ4n) is 4.35. The number of hydrogen-bond acceptors (Lipinski definition) is 6. The SMILES string of the molecule is Cc1ccc(C(=O)Cc2ccc(F)c([C@]3(C)CS(=O)(=O)[C@](C)(CC4CC4)C(N)=N3)c2)nc1. The van der Waals surface area contributed by atoms with Crippen LogP contribution in [0.1, 0.15) is 60.3 Å². The summed E-state index contributed by atoms with van der Waals surface area (Å²) < 4.78 is 40.3. The number of hydrogen-bond donors (Lipinski definition) is 1. The van der Waals surface area contributed by atoms with E-state index in [0.717, 1.165) is 18.4 Å². The van der Waals surface area contributed by atoms with Crippen molar-refractivity contribution in [1.29, 1.82) is 0 Å². The number of nitrogens with two attached hydrogens (primary N) is 1. The molecular weight excluding hydrogens is 429 g/mol. The van der Waals surface area contributed by atoms with Crippen molar-refractivity contribution in [3.8, 4) is 0 Å². The van der Waals surface area contributed by atoms with Crippen LogP contribution in [0.3, 0.4) is 0 Å². The highest BCUT2D eigenvalue weighted by atomic mass is 32.2. The van der Waals surface area contributed by atoms with Gasteiger partial charge in [-0.2, -0.15) is 0 Å². The molecule has 1 saturated carbocycles. The lowest BCUT2D eigenvalue weighted by molar-refractivity contribution is 0.0988. The number of aromatic nitrogens is 1. The van der Waals surface area contributed by atoms with Gasteiger partial charge in [0.2, 0.25) is 0 Å². The molecule has 2 heterocycles. The second-order valence-electron chi connectivity index (χ2n) is 9.54. The highest BCUT2D eigenvalue weighted by Gasteiger charge is 2.53. The Balaban J connectivity index is 1.67. The molecule has 2 atom stereocenters. The largest absolute Gasteiger partial charge is 0.386 e. The van der Waals surface area contributed by atoms with E-state index in [-0.39, 0.29) is 29.4 Å². The molecule has 2 aromatic rings. The Labute approximate surface area is 188 Å². The Bertz CT molecular complexity index is 1210. The van der Waals surface area contributed by atoms with E-state index < -0.39 is 25.9 Å². The normalized spacial score (nSPS) is 27.1. The molecule has 0 radical (unpaired) electrons.